The van der Waals surface area contributed by atoms with Gasteiger partial charge in [0.05, 0.1) is 22.2 Å². The summed E-state index contributed by atoms with van der Waals surface area (Å²) in [5, 5.41) is 43.9. The molecule has 1 aliphatic rings. The number of unbranched alkanes of at least 4 members (excludes halogenated alkanes) is 6. The van der Waals surface area contributed by atoms with E-state index in [2.05, 4.69) is 12.2 Å². The normalized spacial score (nSPS) is 19.4. The van der Waals surface area contributed by atoms with Gasteiger partial charge in [-0.15, -0.1) is 0 Å². The number of piperidine rings is 1. The lowest BCUT2D eigenvalue weighted by molar-refractivity contribution is -0.204. The summed E-state index contributed by atoms with van der Waals surface area (Å²) in [6.07, 6.45) is 12.2. The van der Waals surface area contributed by atoms with Gasteiger partial charge in [-0.25, -0.2) is 0 Å². The Morgan fingerprint density at radius 1 is 0.769 bits per heavy atom. The fourth-order valence-electron chi connectivity index (χ4n) is 6.90. The van der Waals surface area contributed by atoms with Gasteiger partial charge in [-0.05, 0) is 65.0 Å². The van der Waals surface area contributed by atoms with Crippen molar-refractivity contribution in [2.24, 2.45) is 34.0 Å². The molecule has 0 aliphatic carbocycles. The molecule has 0 amide bonds. The average molecular weight is 556 g/mol. The molecule has 1 aliphatic heterocycles. The topological polar surface area (TPSA) is 161 Å². The van der Waals surface area contributed by atoms with E-state index in [-0.39, 0.29) is 6.42 Å². The van der Waals surface area contributed by atoms with Gasteiger partial charge in [0.15, 0.2) is 0 Å². The van der Waals surface area contributed by atoms with Crippen molar-refractivity contribution in [2.75, 3.05) is 13.1 Å². The zero-order valence-corrected chi connectivity index (χ0v) is 24.8. The number of nitrogens with one attached hydrogen (secondary N) is 1. The van der Waals surface area contributed by atoms with E-state index in [1.165, 1.54) is 52.4 Å². The summed E-state index contributed by atoms with van der Waals surface area (Å²) in [6, 6.07) is 0. The van der Waals surface area contributed by atoms with Crippen LogP contribution in [-0.2, 0) is 19.2 Å². The lowest BCUT2D eigenvalue weighted by Crippen LogP contribution is -2.64. The number of carbonyl (C=O) groups is 4. The van der Waals surface area contributed by atoms with Crippen LogP contribution in [0.3, 0.4) is 0 Å². The summed E-state index contributed by atoms with van der Waals surface area (Å²) in [7, 11) is 0. The molecule has 4 atom stereocenters. The zero-order chi connectivity index (χ0) is 29.9. The van der Waals surface area contributed by atoms with Crippen LogP contribution in [0.2, 0.25) is 0 Å². The van der Waals surface area contributed by atoms with Gasteiger partial charge in [-0.1, -0.05) is 78.1 Å². The van der Waals surface area contributed by atoms with E-state index in [1.54, 1.807) is 0 Å². The molecule has 1 saturated heterocycles. The predicted octanol–water partition coefficient (Wildman–Crippen LogP) is 5.91. The third-order valence-electron chi connectivity index (χ3n) is 9.89. The maximum atomic E-state index is 12.9. The number of carboxylic acid groups (broad SMARTS) is 4. The van der Waals surface area contributed by atoms with Crippen LogP contribution in [0.25, 0.3) is 0 Å². The van der Waals surface area contributed by atoms with Crippen molar-refractivity contribution in [1.29, 1.82) is 0 Å². The first-order chi connectivity index (χ1) is 18.2. The van der Waals surface area contributed by atoms with Crippen molar-refractivity contribution in [1.82, 2.24) is 5.32 Å². The van der Waals surface area contributed by atoms with Crippen molar-refractivity contribution < 1.29 is 39.6 Å². The van der Waals surface area contributed by atoms with Crippen molar-refractivity contribution in [3.63, 3.8) is 0 Å². The maximum Gasteiger partial charge on any atom is 0.311 e. The van der Waals surface area contributed by atoms with Crippen molar-refractivity contribution in [3.8, 4) is 0 Å². The minimum absolute atomic E-state index is 0.239. The standard InChI is InChI=1S/C30H53NO8/c1-6-7-8-9-11-14-22(23-16-19-31-20-17-23)15-12-10-13-18-30(27(38)39,28(3,4)25(34)35)29(5,26(36)37)21(2)24(32)33/h21-23,31H,6-20H2,1-5H3,(H,32,33)(H,34,35)(H,36,37)(H,38,39). The van der Waals surface area contributed by atoms with Gasteiger partial charge in [0.2, 0.25) is 0 Å². The first kappa shape index (κ1) is 34.9. The molecule has 5 N–H and O–H groups in total. The summed E-state index contributed by atoms with van der Waals surface area (Å²) in [4.78, 5) is 49.8. The van der Waals surface area contributed by atoms with Crippen LogP contribution in [-0.4, -0.2) is 57.4 Å². The Morgan fingerprint density at radius 3 is 1.72 bits per heavy atom. The molecule has 9 heteroatoms. The van der Waals surface area contributed by atoms with Crippen LogP contribution >= 0.6 is 0 Å². The number of carboxylic acids is 4. The van der Waals surface area contributed by atoms with Crippen LogP contribution in [0.5, 0.6) is 0 Å². The van der Waals surface area contributed by atoms with Crippen LogP contribution in [0.15, 0.2) is 0 Å². The Balaban J connectivity index is 3.11. The zero-order valence-electron chi connectivity index (χ0n) is 24.8. The number of hydrogen-bond donors (Lipinski definition) is 5. The van der Waals surface area contributed by atoms with E-state index < -0.39 is 46.0 Å². The fraction of sp³-hybridized carbons (Fsp3) is 0.867. The molecular formula is C30H53NO8. The summed E-state index contributed by atoms with van der Waals surface area (Å²) < 4.78 is 0. The lowest BCUT2D eigenvalue weighted by atomic mass is 9.47. The number of rotatable bonds is 20. The van der Waals surface area contributed by atoms with Crippen LogP contribution in [0.4, 0.5) is 0 Å². The third-order valence-corrected chi connectivity index (χ3v) is 9.89. The highest BCUT2D eigenvalue weighted by atomic mass is 16.4. The second kappa shape index (κ2) is 15.6. The average Bonchev–Trinajstić information content (AvgIpc) is 2.88. The summed E-state index contributed by atoms with van der Waals surface area (Å²) in [5.74, 6) is -6.53. The van der Waals surface area contributed by atoms with E-state index in [9.17, 15) is 39.6 Å². The Bertz CT molecular complexity index is 822. The van der Waals surface area contributed by atoms with E-state index in [4.69, 9.17) is 0 Å². The Kier molecular flexibility index (Phi) is 13.9. The molecule has 0 aromatic carbocycles. The van der Waals surface area contributed by atoms with Crippen molar-refractivity contribution in [2.45, 2.75) is 118 Å². The third kappa shape index (κ3) is 7.95. The summed E-state index contributed by atoms with van der Waals surface area (Å²) >= 11 is 0. The van der Waals surface area contributed by atoms with Gasteiger partial charge in [-0.2, -0.15) is 0 Å². The summed E-state index contributed by atoms with van der Waals surface area (Å²) in [6.45, 7) is 8.89. The van der Waals surface area contributed by atoms with Gasteiger partial charge in [0.25, 0.3) is 0 Å². The Labute approximate surface area is 234 Å². The van der Waals surface area contributed by atoms with Gasteiger partial charge in [0, 0.05) is 0 Å². The summed E-state index contributed by atoms with van der Waals surface area (Å²) in [5.41, 5.74) is -6.74. The molecule has 0 bridgehead atoms. The largest absolute Gasteiger partial charge is 0.481 e. The molecule has 0 spiro atoms. The lowest BCUT2D eigenvalue weighted by Gasteiger charge is -2.51. The van der Waals surface area contributed by atoms with Gasteiger partial charge in [0.1, 0.15) is 0 Å². The van der Waals surface area contributed by atoms with Crippen LogP contribution in [0, 0.1) is 34.0 Å². The van der Waals surface area contributed by atoms with Crippen LogP contribution in [0.1, 0.15) is 118 Å². The van der Waals surface area contributed by atoms with E-state index in [0.29, 0.717) is 24.7 Å². The minimum Gasteiger partial charge on any atom is -0.481 e. The Hall–Kier alpha value is -2.16. The fourth-order valence-corrected chi connectivity index (χ4v) is 6.90. The quantitative estimate of drug-likeness (QED) is 0.115. The second-order valence-corrected chi connectivity index (χ2v) is 12.4. The van der Waals surface area contributed by atoms with Crippen LogP contribution < -0.4 is 5.32 Å². The van der Waals surface area contributed by atoms with Crippen molar-refractivity contribution in [3.05, 3.63) is 0 Å². The van der Waals surface area contributed by atoms with Gasteiger partial charge in [-0.3, -0.25) is 19.2 Å². The number of aliphatic carboxylic acids is 4. The van der Waals surface area contributed by atoms with E-state index in [0.717, 1.165) is 52.6 Å². The maximum absolute atomic E-state index is 12.9. The smallest absolute Gasteiger partial charge is 0.311 e. The van der Waals surface area contributed by atoms with E-state index in [1.807, 2.05) is 0 Å². The molecule has 0 aromatic heterocycles. The highest BCUT2D eigenvalue weighted by molar-refractivity contribution is 5.95. The molecule has 226 valence electrons. The molecule has 0 saturated carbocycles. The van der Waals surface area contributed by atoms with E-state index >= 15 is 0 Å². The first-order valence-corrected chi connectivity index (χ1v) is 14.8. The first-order valence-electron chi connectivity index (χ1n) is 14.8. The highest BCUT2D eigenvalue weighted by Crippen LogP contribution is 2.59. The minimum atomic E-state index is -2.36. The highest BCUT2D eigenvalue weighted by Gasteiger charge is 2.70. The van der Waals surface area contributed by atoms with Gasteiger partial charge < -0.3 is 25.7 Å². The van der Waals surface area contributed by atoms with Crippen molar-refractivity contribution >= 4 is 23.9 Å². The SMILES string of the molecule is CCCCCCCC(CCCCCC(C(=O)O)(C(C)(C)C(=O)O)C(C)(C(=O)O)C(C)C(=O)O)C1CCNCC1. The molecule has 1 fully saturated rings. The molecule has 0 radical (unpaired) electrons. The molecular weight excluding hydrogens is 502 g/mol. The second-order valence-electron chi connectivity index (χ2n) is 12.4. The molecule has 1 heterocycles. The number of hydrogen-bond acceptors (Lipinski definition) is 5. The predicted molar refractivity (Wildman–Crippen MR) is 150 cm³/mol. The molecule has 9 nitrogen and oxygen atoms in total. The molecule has 1 rings (SSSR count). The Morgan fingerprint density at radius 2 is 1.28 bits per heavy atom. The molecule has 39 heavy (non-hydrogen) atoms. The molecule has 4 unspecified atom stereocenters. The van der Waals surface area contributed by atoms with Gasteiger partial charge >= 0.3 is 23.9 Å². The monoisotopic (exact) mass is 555 g/mol. The molecule has 0 aromatic rings.